The van der Waals surface area contributed by atoms with Gasteiger partial charge >= 0.3 is 19.3 Å². The molecule has 0 atom stereocenters. The summed E-state index contributed by atoms with van der Waals surface area (Å²) >= 11 is 0. The van der Waals surface area contributed by atoms with Gasteiger partial charge in [-0.15, -0.1) is 0 Å². The van der Waals surface area contributed by atoms with Crippen LogP contribution >= 0.6 is 0 Å². The van der Waals surface area contributed by atoms with E-state index in [1.807, 2.05) is 0 Å². The topological polar surface area (TPSA) is 71.7 Å². The van der Waals surface area contributed by atoms with Crippen LogP contribution in [0.1, 0.15) is 42.4 Å². The van der Waals surface area contributed by atoms with Gasteiger partial charge in [-0.25, -0.2) is 4.79 Å². The predicted molar refractivity (Wildman–Crippen MR) is 107 cm³/mol. The lowest BCUT2D eigenvalue weighted by Crippen LogP contribution is -2.37. The number of alkyl halides is 3. The quantitative estimate of drug-likeness (QED) is 0.503. The van der Waals surface area contributed by atoms with Crippen LogP contribution in [0.5, 0.6) is 0 Å². The molecule has 0 spiro atoms. The number of fused-ring (bicyclic) bond motifs is 1. The Morgan fingerprint density at radius 1 is 1.07 bits per heavy atom. The average Bonchev–Trinajstić information content (AvgIpc) is 2.95. The van der Waals surface area contributed by atoms with Crippen LogP contribution in [-0.2, 0) is 17.5 Å². The molecule has 1 aromatic heterocycles. The van der Waals surface area contributed by atoms with Crippen LogP contribution in [0.15, 0.2) is 48.5 Å². The summed E-state index contributed by atoms with van der Waals surface area (Å²) in [6, 6.07) is 11.4. The molecule has 0 bridgehead atoms. The summed E-state index contributed by atoms with van der Waals surface area (Å²) in [4.78, 5) is 12.9. The van der Waals surface area contributed by atoms with Gasteiger partial charge in [0.2, 0.25) is 0 Å². The zero-order valence-corrected chi connectivity index (χ0v) is 16.7. The van der Waals surface area contributed by atoms with Crippen molar-refractivity contribution in [2.75, 3.05) is 0 Å². The zero-order valence-electron chi connectivity index (χ0n) is 16.7. The van der Waals surface area contributed by atoms with Crippen molar-refractivity contribution in [3.8, 4) is 0 Å². The third-order valence-corrected chi connectivity index (χ3v) is 4.46. The van der Waals surface area contributed by atoms with Gasteiger partial charge in [-0.1, -0.05) is 30.3 Å². The molecule has 3 aromatic rings. The summed E-state index contributed by atoms with van der Waals surface area (Å²) in [7, 11) is -1.97. The van der Waals surface area contributed by atoms with Crippen molar-refractivity contribution >= 4 is 29.5 Å². The smallest absolute Gasteiger partial charge is 0.455 e. The normalized spacial score (nSPS) is 12.3. The van der Waals surface area contributed by atoms with E-state index in [0.717, 1.165) is 12.1 Å². The molecule has 0 aliphatic rings. The summed E-state index contributed by atoms with van der Waals surface area (Å²) in [5, 5.41) is 20.3. The number of nitrogens with zero attached hydrogens (tertiary/aromatic N) is 1. The van der Waals surface area contributed by atoms with E-state index in [1.165, 1.54) is 16.7 Å². The van der Waals surface area contributed by atoms with E-state index in [1.54, 1.807) is 45.0 Å². The van der Waals surface area contributed by atoms with Crippen molar-refractivity contribution < 1.29 is 32.8 Å². The minimum Gasteiger partial charge on any atom is -0.455 e. The van der Waals surface area contributed by atoms with E-state index >= 15 is 0 Å². The number of hydrogen-bond acceptors (Lipinski definition) is 4. The highest BCUT2D eigenvalue weighted by molar-refractivity contribution is 6.63. The first-order valence-electron chi connectivity index (χ1n) is 9.25. The molecular weight excluding hydrogens is 398 g/mol. The van der Waals surface area contributed by atoms with Crippen LogP contribution < -0.4 is 5.46 Å². The number of para-hydroxylation sites is 1. The molecule has 0 fully saturated rings. The molecule has 2 N–H and O–H groups in total. The van der Waals surface area contributed by atoms with Crippen LogP contribution in [0.4, 0.5) is 13.2 Å². The van der Waals surface area contributed by atoms with Gasteiger partial charge in [0.05, 0.1) is 5.56 Å². The molecule has 3 rings (SSSR count). The number of carbonyl (C=O) groups excluding carboxylic acids is 1. The Hall–Kier alpha value is -2.78. The van der Waals surface area contributed by atoms with Gasteiger partial charge in [-0.2, -0.15) is 13.2 Å². The largest absolute Gasteiger partial charge is 0.491 e. The van der Waals surface area contributed by atoms with Gasteiger partial charge in [0.25, 0.3) is 0 Å². The number of rotatable bonds is 4. The number of esters is 1. The molecule has 5 nitrogen and oxygen atoms in total. The molecular formula is C21H21BF3NO4. The standard InChI is InChI=1S/C21H21BF3NO4/c1-20(2,3)30-19(27)18-17(22(28)29)15-9-4-5-10-16(15)26(18)12-13-7-6-8-14(11-13)21(23,24)25/h4-11,28-29H,12H2,1-3H3. The Labute approximate surface area is 171 Å². The van der Waals surface area contributed by atoms with Gasteiger partial charge in [0.15, 0.2) is 0 Å². The highest BCUT2D eigenvalue weighted by Crippen LogP contribution is 2.30. The van der Waals surface area contributed by atoms with Gasteiger partial charge < -0.3 is 19.4 Å². The highest BCUT2D eigenvalue weighted by atomic mass is 19.4. The number of halogens is 3. The first-order valence-corrected chi connectivity index (χ1v) is 9.25. The fourth-order valence-electron chi connectivity index (χ4n) is 3.33. The van der Waals surface area contributed by atoms with E-state index in [0.29, 0.717) is 16.5 Å². The maximum atomic E-state index is 13.1. The highest BCUT2D eigenvalue weighted by Gasteiger charge is 2.33. The summed E-state index contributed by atoms with van der Waals surface area (Å²) in [6.07, 6.45) is -4.50. The molecule has 2 aromatic carbocycles. The van der Waals surface area contributed by atoms with Crippen molar-refractivity contribution in [1.29, 1.82) is 0 Å². The number of aromatic nitrogens is 1. The molecule has 0 aliphatic carbocycles. The second-order valence-corrected chi connectivity index (χ2v) is 7.94. The van der Waals surface area contributed by atoms with Crippen molar-refractivity contribution in [3.05, 3.63) is 65.4 Å². The van der Waals surface area contributed by atoms with Crippen LogP contribution in [0.2, 0.25) is 0 Å². The SMILES string of the molecule is CC(C)(C)OC(=O)c1c(B(O)O)c2ccccc2n1Cc1cccc(C(F)(F)F)c1. The van der Waals surface area contributed by atoms with Crippen LogP contribution in [-0.4, -0.2) is 33.3 Å². The van der Waals surface area contributed by atoms with Crippen molar-refractivity contribution in [1.82, 2.24) is 4.57 Å². The molecule has 1 heterocycles. The monoisotopic (exact) mass is 419 g/mol. The summed E-state index contributed by atoms with van der Waals surface area (Å²) in [6.45, 7) is 4.91. The molecule has 158 valence electrons. The molecule has 30 heavy (non-hydrogen) atoms. The third-order valence-electron chi connectivity index (χ3n) is 4.46. The van der Waals surface area contributed by atoms with Gasteiger partial charge in [-0.05, 0) is 44.5 Å². The van der Waals surface area contributed by atoms with E-state index in [2.05, 4.69) is 0 Å². The maximum absolute atomic E-state index is 13.1. The van der Waals surface area contributed by atoms with Crippen LogP contribution in [0.25, 0.3) is 10.9 Å². The molecule has 0 saturated heterocycles. The fourth-order valence-corrected chi connectivity index (χ4v) is 3.33. The Balaban J connectivity index is 2.21. The maximum Gasteiger partial charge on any atom is 0.491 e. The molecule has 9 heteroatoms. The summed E-state index contributed by atoms with van der Waals surface area (Å²) in [5.41, 5.74) is -1.05. The van der Waals surface area contributed by atoms with Crippen LogP contribution in [0, 0.1) is 0 Å². The molecule has 0 aliphatic heterocycles. The fraction of sp³-hybridized carbons (Fsp3) is 0.286. The second kappa shape index (κ2) is 7.81. The van der Waals surface area contributed by atoms with E-state index < -0.39 is 30.4 Å². The van der Waals surface area contributed by atoms with E-state index in [-0.39, 0.29) is 17.7 Å². The van der Waals surface area contributed by atoms with E-state index in [4.69, 9.17) is 4.74 Å². The first-order chi connectivity index (χ1) is 13.9. The second-order valence-electron chi connectivity index (χ2n) is 7.94. The summed E-state index contributed by atoms with van der Waals surface area (Å²) < 4.78 is 46.2. The van der Waals surface area contributed by atoms with Crippen molar-refractivity contribution in [3.63, 3.8) is 0 Å². The van der Waals surface area contributed by atoms with E-state index in [9.17, 15) is 28.0 Å². The first kappa shape index (κ1) is 21.9. The molecule has 0 saturated carbocycles. The Bertz CT molecular complexity index is 1080. The third kappa shape index (κ3) is 4.52. The number of ether oxygens (including phenoxy) is 1. The predicted octanol–water partition coefficient (Wildman–Crippen LogP) is 3.34. The van der Waals surface area contributed by atoms with Gasteiger partial charge in [-0.3, -0.25) is 0 Å². The number of carbonyl (C=O) groups is 1. The Morgan fingerprint density at radius 2 is 1.73 bits per heavy atom. The number of hydrogen-bond donors (Lipinski definition) is 2. The number of benzene rings is 2. The van der Waals surface area contributed by atoms with Crippen molar-refractivity contribution in [2.45, 2.75) is 39.1 Å². The van der Waals surface area contributed by atoms with Gasteiger partial charge in [0.1, 0.15) is 11.3 Å². The lowest BCUT2D eigenvalue weighted by atomic mass is 9.78. The van der Waals surface area contributed by atoms with Crippen molar-refractivity contribution in [2.24, 2.45) is 0 Å². The molecule has 0 unspecified atom stereocenters. The van der Waals surface area contributed by atoms with Crippen LogP contribution in [0.3, 0.4) is 0 Å². The minimum atomic E-state index is -4.50. The lowest BCUT2D eigenvalue weighted by Gasteiger charge is -2.21. The molecule has 0 amide bonds. The Morgan fingerprint density at radius 3 is 2.33 bits per heavy atom. The minimum absolute atomic E-state index is 0.0492. The summed E-state index contributed by atoms with van der Waals surface area (Å²) in [5.74, 6) is -0.797. The zero-order chi connectivity index (χ0) is 22.3. The Kier molecular flexibility index (Phi) is 5.71. The van der Waals surface area contributed by atoms with Gasteiger partial charge in [0, 0.05) is 22.9 Å². The average molecular weight is 419 g/mol. The molecule has 0 radical (unpaired) electrons. The lowest BCUT2D eigenvalue weighted by molar-refractivity contribution is -0.137.